The minimum Gasteiger partial charge on any atom is -0.388 e. The lowest BCUT2D eigenvalue weighted by Gasteiger charge is -2.32. The summed E-state index contributed by atoms with van der Waals surface area (Å²) in [4.78, 5) is 4.64. The predicted octanol–water partition coefficient (Wildman–Crippen LogP) is 2.50. The molecule has 1 aromatic heterocycles. The first-order chi connectivity index (χ1) is 9.66. The number of aryl methyl sites for hydroxylation is 1. The Bertz CT molecular complexity index is 606. The number of aromatic nitrogens is 1. The van der Waals surface area contributed by atoms with Crippen molar-refractivity contribution in [2.24, 2.45) is 0 Å². The summed E-state index contributed by atoms with van der Waals surface area (Å²) in [5.74, 6) is 0.851. The number of ether oxygens (including phenoxy) is 1. The third-order valence-electron chi connectivity index (χ3n) is 3.92. The fourth-order valence-electron chi connectivity index (χ4n) is 2.58. The second kappa shape index (κ2) is 5.38. The molecule has 4 heteroatoms. The van der Waals surface area contributed by atoms with E-state index in [1.165, 1.54) is 0 Å². The van der Waals surface area contributed by atoms with Crippen molar-refractivity contribution in [2.75, 3.05) is 25.1 Å². The highest BCUT2D eigenvalue weighted by molar-refractivity contribution is 5.81. The van der Waals surface area contributed by atoms with Crippen molar-refractivity contribution in [3.05, 3.63) is 35.9 Å². The van der Waals surface area contributed by atoms with E-state index in [2.05, 4.69) is 22.4 Å². The molecular formula is C16H20N2O2. The molecule has 2 N–H and O–H groups in total. The van der Waals surface area contributed by atoms with Crippen molar-refractivity contribution in [1.29, 1.82) is 0 Å². The highest BCUT2D eigenvalue weighted by atomic mass is 16.5. The second-order valence-corrected chi connectivity index (χ2v) is 5.54. The van der Waals surface area contributed by atoms with Crippen LogP contribution in [-0.4, -0.2) is 35.5 Å². The van der Waals surface area contributed by atoms with Crippen LogP contribution in [0.2, 0.25) is 0 Å². The number of nitrogens with zero attached hydrogens (tertiary/aromatic N) is 1. The molecular weight excluding hydrogens is 252 g/mol. The lowest BCUT2D eigenvalue weighted by atomic mass is 9.94. The van der Waals surface area contributed by atoms with E-state index in [-0.39, 0.29) is 0 Å². The van der Waals surface area contributed by atoms with Gasteiger partial charge in [-0.05, 0) is 24.6 Å². The van der Waals surface area contributed by atoms with E-state index in [1.54, 1.807) is 0 Å². The van der Waals surface area contributed by atoms with Crippen LogP contribution in [-0.2, 0) is 4.74 Å². The number of aliphatic hydroxyl groups is 1. The molecule has 2 heterocycles. The number of para-hydroxylation sites is 1. The number of hydrogen-bond donors (Lipinski definition) is 2. The molecule has 1 saturated heterocycles. The Balaban J connectivity index is 1.78. The average molecular weight is 272 g/mol. The zero-order valence-corrected chi connectivity index (χ0v) is 11.7. The molecule has 0 bridgehead atoms. The van der Waals surface area contributed by atoms with Crippen molar-refractivity contribution in [2.45, 2.75) is 25.4 Å². The molecule has 1 aromatic carbocycles. The van der Waals surface area contributed by atoms with E-state index in [9.17, 15) is 5.11 Å². The first-order valence-corrected chi connectivity index (χ1v) is 7.07. The van der Waals surface area contributed by atoms with E-state index in [0.29, 0.717) is 32.6 Å². The third kappa shape index (κ3) is 2.76. The second-order valence-electron chi connectivity index (χ2n) is 5.54. The number of rotatable bonds is 3. The van der Waals surface area contributed by atoms with Gasteiger partial charge in [-0.25, -0.2) is 4.98 Å². The largest absolute Gasteiger partial charge is 0.388 e. The van der Waals surface area contributed by atoms with Gasteiger partial charge in [-0.1, -0.05) is 18.2 Å². The van der Waals surface area contributed by atoms with E-state index in [1.807, 2.05) is 25.1 Å². The molecule has 1 aliphatic rings. The highest BCUT2D eigenvalue weighted by Gasteiger charge is 2.29. The van der Waals surface area contributed by atoms with Gasteiger partial charge >= 0.3 is 0 Å². The van der Waals surface area contributed by atoms with E-state index < -0.39 is 5.60 Å². The van der Waals surface area contributed by atoms with Gasteiger partial charge in [-0.3, -0.25) is 0 Å². The van der Waals surface area contributed by atoms with Crippen molar-refractivity contribution in [3.63, 3.8) is 0 Å². The maximum atomic E-state index is 10.5. The predicted molar refractivity (Wildman–Crippen MR) is 80.0 cm³/mol. The summed E-state index contributed by atoms with van der Waals surface area (Å²) in [6.07, 6.45) is 1.35. The summed E-state index contributed by atoms with van der Waals surface area (Å²) in [5, 5.41) is 14.9. The molecule has 0 spiro atoms. The molecule has 2 aromatic rings. The number of anilines is 1. The Labute approximate surface area is 118 Å². The SMILES string of the molecule is Cc1cc2ccccc2nc1NCC1(O)CCOCC1. The maximum Gasteiger partial charge on any atom is 0.129 e. The molecule has 20 heavy (non-hydrogen) atoms. The first kappa shape index (κ1) is 13.3. The molecule has 0 radical (unpaired) electrons. The van der Waals surface area contributed by atoms with Crippen LogP contribution in [0.1, 0.15) is 18.4 Å². The van der Waals surface area contributed by atoms with Gasteiger partial charge < -0.3 is 15.2 Å². The molecule has 3 rings (SSSR count). The van der Waals surface area contributed by atoms with Crippen molar-refractivity contribution < 1.29 is 9.84 Å². The molecule has 0 saturated carbocycles. The summed E-state index contributed by atoms with van der Waals surface area (Å²) in [6, 6.07) is 10.2. The molecule has 1 aliphatic heterocycles. The van der Waals surface area contributed by atoms with Gasteiger partial charge in [0.05, 0.1) is 11.1 Å². The fourth-order valence-corrected chi connectivity index (χ4v) is 2.58. The lowest BCUT2D eigenvalue weighted by molar-refractivity contribution is -0.0543. The van der Waals surface area contributed by atoms with Crippen LogP contribution in [0.5, 0.6) is 0 Å². The lowest BCUT2D eigenvalue weighted by Crippen LogP contribution is -2.42. The monoisotopic (exact) mass is 272 g/mol. The van der Waals surface area contributed by atoms with E-state index in [0.717, 1.165) is 22.3 Å². The van der Waals surface area contributed by atoms with Gasteiger partial charge in [0, 0.05) is 38.0 Å². The van der Waals surface area contributed by atoms with Crippen molar-refractivity contribution in [1.82, 2.24) is 4.98 Å². The Hall–Kier alpha value is -1.65. The average Bonchev–Trinajstić information content (AvgIpc) is 2.46. The standard InChI is InChI=1S/C16H20N2O2/c1-12-10-13-4-2-3-5-14(13)18-15(12)17-11-16(19)6-8-20-9-7-16/h2-5,10,19H,6-9,11H2,1H3,(H,17,18). The summed E-state index contributed by atoms with van der Waals surface area (Å²) in [5.41, 5.74) is 1.39. The van der Waals surface area contributed by atoms with E-state index >= 15 is 0 Å². The number of fused-ring (bicyclic) bond motifs is 1. The molecule has 4 nitrogen and oxygen atoms in total. The number of benzene rings is 1. The zero-order valence-electron chi connectivity index (χ0n) is 11.7. The van der Waals surface area contributed by atoms with Gasteiger partial charge in [0.25, 0.3) is 0 Å². The molecule has 0 atom stereocenters. The molecule has 0 unspecified atom stereocenters. The molecule has 106 valence electrons. The quantitative estimate of drug-likeness (QED) is 0.901. The van der Waals surface area contributed by atoms with Crippen LogP contribution in [0.4, 0.5) is 5.82 Å². The summed E-state index contributed by atoms with van der Waals surface area (Å²) in [6.45, 7) is 3.81. The Kier molecular flexibility index (Phi) is 3.59. The normalized spacial score (nSPS) is 18.1. The van der Waals surface area contributed by atoms with Crippen LogP contribution in [0.15, 0.2) is 30.3 Å². The highest BCUT2D eigenvalue weighted by Crippen LogP contribution is 2.23. The van der Waals surface area contributed by atoms with E-state index in [4.69, 9.17) is 4.74 Å². The topological polar surface area (TPSA) is 54.4 Å². The van der Waals surface area contributed by atoms with Gasteiger partial charge in [0.2, 0.25) is 0 Å². The first-order valence-electron chi connectivity index (χ1n) is 7.07. The summed E-state index contributed by atoms with van der Waals surface area (Å²) in [7, 11) is 0. The van der Waals surface area contributed by atoms with Crippen LogP contribution in [0, 0.1) is 6.92 Å². The van der Waals surface area contributed by atoms with Crippen molar-refractivity contribution >= 4 is 16.7 Å². The maximum absolute atomic E-state index is 10.5. The smallest absolute Gasteiger partial charge is 0.129 e. The Morgan fingerprint density at radius 1 is 1.30 bits per heavy atom. The van der Waals surface area contributed by atoms with Gasteiger partial charge in [-0.15, -0.1) is 0 Å². The third-order valence-corrected chi connectivity index (χ3v) is 3.92. The Morgan fingerprint density at radius 2 is 2.05 bits per heavy atom. The van der Waals surface area contributed by atoms with Crippen LogP contribution in [0.3, 0.4) is 0 Å². The Morgan fingerprint density at radius 3 is 2.85 bits per heavy atom. The van der Waals surface area contributed by atoms with Crippen LogP contribution >= 0.6 is 0 Å². The minimum atomic E-state index is -0.683. The summed E-state index contributed by atoms with van der Waals surface area (Å²) < 4.78 is 5.29. The molecule has 0 aliphatic carbocycles. The number of pyridine rings is 1. The fraction of sp³-hybridized carbons (Fsp3) is 0.438. The van der Waals surface area contributed by atoms with Gasteiger partial charge in [-0.2, -0.15) is 0 Å². The minimum absolute atomic E-state index is 0.516. The molecule has 1 fully saturated rings. The van der Waals surface area contributed by atoms with Crippen LogP contribution < -0.4 is 5.32 Å². The zero-order chi connectivity index (χ0) is 14.0. The van der Waals surface area contributed by atoms with Gasteiger partial charge in [0.15, 0.2) is 0 Å². The van der Waals surface area contributed by atoms with Gasteiger partial charge in [0.1, 0.15) is 5.82 Å². The molecule has 0 amide bonds. The number of hydrogen-bond acceptors (Lipinski definition) is 4. The van der Waals surface area contributed by atoms with Crippen molar-refractivity contribution in [3.8, 4) is 0 Å². The number of nitrogens with one attached hydrogen (secondary N) is 1. The summed E-state index contributed by atoms with van der Waals surface area (Å²) >= 11 is 0. The van der Waals surface area contributed by atoms with Crippen LogP contribution in [0.25, 0.3) is 10.9 Å².